The lowest BCUT2D eigenvalue weighted by molar-refractivity contribution is 0.0479. The molecular formula is C13H9BrO3S. The summed E-state index contributed by atoms with van der Waals surface area (Å²) in [4.78, 5) is 23.8. The molecule has 0 saturated carbocycles. The Balaban J connectivity index is 1.95. The van der Waals surface area contributed by atoms with Crippen molar-refractivity contribution in [2.45, 2.75) is 0 Å². The van der Waals surface area contributed by atoms with Crippen molar-refractivity contribution in [3.05, 3.63) is 56.7 Å². The van der Waals surface area contributed by atoms with Gasteiger partial charge in [-0.15, -0.1) is 11.3 Å². The number of carbonyl (C=O) groups excluding carboxylic acids is 2. The van der Waals surface area contributed by atoms with E-state index >= 15 is 0 Å². The van der Waals surface area contributed by atoms with Gasteiger partial charge in [0.15, 0.2) is 12.4 Å². The summed E-state index contributed by atoms with van der Waals surface area (Å²) < 4.78 is 5.77. The van der Waals surface area contributed by atoms with Gasteiger partial charge in [-0.25, -0.2) is 4.79 Å². The van der Waals surface area contributed by atoms with Crippen molar-refractivity contribution in [1.29, 1.82) is 0 Å². The zero-order valence-electron chi connectivity index (χ0n) is 9.26. The Kier molecular flexibility index (Phi) is 4.28. The van der Waals surface area contributed by atoms with Crippen LogP contribution >= 0.6 is 27.3 Å². The van der Waals surface area contributed by atoms with Gasteiger partial charge in [0.05, 0.1) is 0 Å². The first-order valence-corrected chi connectivity index (χ1v) is 6.83. The van der Waals surface area contributed by atoms with Gasteiger partial charge in [-0.1, -0.05) is 34.1 Å². The average Bonchev–Trinajstić information content (AvgIpc) is 2.89. The lowest BCUT2D eigenvalue weighted by Gasteiger charge is -2.03. The Morgan fingerprint density at radius 3 is 2.72 bits per heavy atom. The molecule has 0 aliphatic heterocycles. The Bertz CT molecular complexity index is 563. The lowest BCUT2D eigenvalue weighted by Crippen LogP contribution is -2.13. The van der Waals surface area contributed by atoms with Crippen LogP contribution in [0.25, 0.3) is 0 Å². The van der Waals surface area contributed by atoms with Crippen LogP contribution in [-0.4, -0.2) is 18.4 Å². The highest BCUT2D eigenvalue weighted by molar-refractivity contribution is 9.10. The van der Waals surface area contributed by atoms with E-state index in [0.717, 1.165) is 4.47 Å². The predicted molar refractivity (Wildman–Crippen MR) is 73.1 cm³/mol. The molecular weight excluding hydrogens is 316 g/mol. The van der Waals surface area contributed by atoms with Gasteiger partial charge in [-0.05, 0) is 23.6 Å². The van der Waals surface area contributed by atoms with Gasteiger partial charge in [-0.2, -0.15) is 0 Å². The highest BCUT2D eigenvalue weighted by Gasteiger charge is 2.12. The summed E-state index contributed by atoms with van der Waals surface area (Å²) in [6.07, 6.45) is 0. The first-order chi connectivity index (χ1) is 8.66. The van der Waals surface area contributed by atoms with Crippen LogP contribution in [0.3, 0.4) is 0 Å². The number of esters is 1. The molecule has 0 aliphatic carbocycles. The van der Waals surface area contributed by atoms with Gasteiger partial charge in [0, 0.05) is 10.0 Å². The molecule has 1 aromatic heterocycles. The van der Waals surface area contributed by atoms with Crippen LogP contribution in [0.1, 0.15) is 20.0 Å². The average molecular weight is 325 g/mol. The third-order valence-corrected chi connectivity index (χ3v) is 3.55. The Labute approximate surface area is 117 Å². The maximum atomic E-state index is 11.8. The van der Waals surface area contributed by atoms with Crippen molar-refractivity contribution in [1.82, 2.24) is 0 Å². The Morgan fingerprint density at radius 2 is 2.06 bits per heavy atom. The zero-order valence-corrected chi connectivity index (χ0v) is 11.7. The van der Waals surface area contributed by atoms with Crippen LogP contribution in [0.2, 0.25) is 0 Å². The second-order valence-corrected chi connectivity index (χ2v) is 5.35. The molecule has 0 radical (unpaired) electrons. The SMILES string of the molecule is O=C(COC(=O)c1cccs1)c1cccc(Br)c1. The summed E-state index contributed by atoms with van der Waals surface area (Å²) in [6, 6.07) is 10.4. The molecule has 0 fully saturated rings. The fourth-order valence-corrected chi connectivity index (χ4v) is 2.36. The molecule has 0 atom stereocenters. The van der Waals surface area contributed by atoms with Crippen LogP contribution in [0.5, 0.6) is 0 Å². The van der Waals surface area contributed by atoms with Gasteiger partial charge >= 0.3 is 5.97 Å². The molecule has 3 nitrogen and oxygen atoms in total. The van der Waals surface area contributed by atoms with Gasteiger partial charge in [0.2, 0.25) is 0 Å². The number of carbonyl (C=O) groups is 2. The largest absolute Gasteiger partial charge is 0.453 e. The van der Waals surface area contributed by atoms with Gasteiger partial charge in [0.1, 0.15) is 4.88 Å². The van der Waals surface area contributed by atoms with Crippen LogP contribution in [-0.2, 0) is 4.74 Å². The first-order valence-electron chi connectivity index (χ1n) is 5.16. The smallest absolute Gasteiger partial charge is 0.348 e. The van der Waals surface area contributed by atoms with Crippen molar-refractivity contribution >= 4 is 39.0 Å². The summed E-state index contributed by atoms with van der Waals surface area (Å²) in [5.41, 5.74) is 0.517. The molecule has 18 heavy (non-hydrogen) atoms. The number of rotatable bonds is 4. The molecule has 2 aromatic rings. The van der Waals surface area contributed by atoms with Crippen LogP contribution < -0.4 is 0 Å². The number of ketones is 1. The third kappa shape index (κ3) is 3.27. The summed E-state index contributed by atoms with van der Waals surface area (Å²) in [5.74, 6) is -0.686. The fraction of sp³-hybridized carbons (Fsp3) is 0.0769. The summed E-state index contributed by atoms with van der Waals surface area (Å²) in [5, 5.41) is 1.78. The highest BCUT2D eigenvalue weighted by Crippen LogP contribution is 2.13. The van der Waals surface area contributed by atoms with E-state index in [9.17, 15) is 9.59 Å². The third-order valence-electron chi connectivity index (χ3n) is 2.20. The summed E-state index contributed by atoms with van der Waals surface area (Å²) in [7, 11) is 0. The van der Waals surface area contributed by atoms with E-state index in [2.05, 4.69) is 15.9 Å². The lowest BCUT2D eigenvalue weighted by atomic mass is 10.1. The van der Waals surface area contributed by atoms with Crippen molar-refractivity contribution < 1.29 is 14.3 Å². The minimum Gasteiger partial charge on any atom is -0.453 e. The van der Waals surface area contributed by atoms with E-state index in [1.54, 1.807) is 35.7 Å². The molecule has 0 bridgehead atoms. The number of ether oxygens (including phenoxy) is 1. The zero-order chi connectivity index (χ0) is 13.0. The molecule has 2 rings (SSSR count). The maximum Gasteiger partial charge on any atom is 0.348 e. The van der Waals surface area contributed by atoms with E-state index in [1.807, 2.05) is 6.07 Å². The summed E-state index contributed by atoms with van der Waals surface area (Å²) in [6.45, 7) is -0.243. The minimum atomic E-state index is -0.464. The summed E-state index contributed by atoms with van der Waals surface area (Å²) >= 11 is 4.57. The van der Waals surface area contributed by atoms with Crippen molar-refractivity contribution in [3.63, 3.8) is 0 Å². The standard InChI is InChI=1S/C13H9BrO3S/c14-10-4-1-3-9(7-10)11(15)8-17-13(16)12-5-2-6-18-12/h1-7H,8H2. The van der Waals surface area contributed by atoms with Crippen LogP contribution in [0.4, 0.5) is 0 Å². The number of hydrogen-bond donors (Lipinski definition) is 0. The quantitative estimate of drug-likeness (QED) is 0.638. The molecule has 5 heteroatoms. The number of halogens is 1. The van der Waals surface area contributed by atoms with Gasteiger partial charge in [0.25, 0.3) is 0 Å². The number of benzene rings is 1. The van der Waals surface area contributed by atoms with Gasteiger partial charge < -0.3 is 4.74 Å². The second kappa shape index (κ2) is 5.93. The number of thiophene rings is 1. The monoisotopic (exact) mass is 324 g/mol. The van der Waals surface area contributed by atoms with Gasteiger partial charge in [-0.3, -0.25) is 4.79 Å². The van der Waals surface area contributed by atoms with Crippen molar-refractivity contribution in [2.75, 3.05) is 6.61 Å². The molecule has 0 N–H and O–H groups in total. The molecule has 0 saturated heterocycles. The second-order valence-electron chi connectivity index (χ2n) is 3.49. The predicted octanol–water partition coefficient (Wildman–Crippen LogP) is 3.55. The molecule has 0 aliphatic rings. The highest BCUT2D eigenvalue weighted by atomic mass is 79.9. The fourth-order valence-electron chi connectivity index (χ4n) is 1.34. The van der Waals surface area contributed by atoms with E-state index < -0.39 is 5.97 Å². The molecule has 1 aromatic carbocycles. The number of Topliss-reactive ketones (excluding diaryl/α,β-unsaturated/α-hetero) is 1. The maximum absolute atomic E-state index is 11.8. The Morgan fingerprint density at radius 1 is 1.22 bits per heavy atom. The van der Waals surface area contributed by atoms with E-state index in [4.69, 9.17) is 4.74 Å². The molecule has 0 amide bonds. The van der Waals surface area contributed by atoms with Crippen molar-refractivity contribution in [2.24, 2.45) is 0 Å². The minimum absolute atomic E-state index is 0.221. The van der Waals surface area contributed by atoms with Crippen molar-refractivity contribution in [3.8, 4) is 0 Å². The normalized spacial score (nSPS) is 10.1. The van der Waals surface area contributed by atoms with E-state index in [-0.39, 0.29) is 12.4 Å². The van der Waals surface area contributed by atoms with Crippen LogP contribution in [0, 0.1) is 0 Å². The number of hydrogen-bond acceptors (Lipinski definition) is 4. The Hall–Kier alpha value is -1.46. The van der Waals surface area contributed by atoms with Crippen LogP contribution in [0.15, 0.2) is 46.3 Å². The molecule has 92 valence electrons. The molecule has 0 spiro atoms. The topological polar surface area (TPSA) is 43.4 Å². The molecule has 0 unspecified atom stereocenters. The van der Waals surface area contributed by atoms with E-state index in [1.165, 1.54) is 11.3 Å². The molecule has 1 heterocycles. The first kappa shape index (κ1) is 13.0. The van der Waals surface area contributed by atoms with E-state index in [0.29, 0.717) is 10.4 Å².